The number of allylic oxidation sites excluding steroid dienone is 2. The van der Waals surface area contributed by atoms with E-state index in [1.54, 1.807) is 0 Å². The summed E-state index contributed by atoms with van der Waals surface area (Å²) in [5.74, 6) is -1.25. The first kappa shape index (κ1) is 14.1. The van der Waals surface area contributed by atoms with Crippen molar-refractivity contribution in [2.45, 2.75) is 51.5 Å². The minimum atomic E-state index is -0.860. The Hall–Kier alpha value is -1.32. The van der Waals surface area contributed by atoms with Crippen LogP contribution in [0.2, 0.25) is 0 Å². The normalized spacial score (nSPS) is 34.8. The molecule has 0 saturated heterocycles. The molecule has 4 nitrogen and oxygen atoms in total. The molecular formula is C15H23NO3. The molecule has 1 fully saturated rings. The van der Waals surface area contributed by atoms with Crippen LogP contribution in [0.1, 0.15) is 45.4 Å². The van der Waals surface area contributed by atoms with Gasteiger partial charge < -0.3 is 10.4 Å². The standard InChI is InChI=1S/C15H23NO3/c1-10-5-4-6-11(9-10)16-14(17)12-7-2-3-8-13(12)15(18)19/h2-3,10-13H,4-9H2,1H3,(H,16,17)(H,18,19)/t10?,11?,12-,13+/m1/s1. The zero-order valence-corrected chi connectivity index (χ0v) is 11.5. The first-order valence-electron chi connectivity index (χ1n) is 7.26. The minimum absolute atomic E-state index is 0.0733. The lowest BCUT2D eigenvalue weighted by Crippen LogP contribution is -2.44. The van der Waals surface area contributed by atoms with Gasteiger partial charge in [0, 0.05) is 6.04 Å². The summed E-state index contributed by atoms with van der Waals surface area (Å²) in [5, 5.41) is 12.3. The number of carbonyl (C=O) groups is 2. The first-order valence-corrected chi connectivity index (χ1v) is 7.26. The Morgan fingerprint density at radius 2 is 1.84 bits per heavy atom. The summed E-state index contributed by atoms with van der Waals surface area (Å²) >= 11 is 0. The third-order valence-corrected chi connectivity index (χ3v) is 4.37. The second-order valence-electron chi connectivity index (χ2n) is 5.97. The van der Waals surface area contributed by atoms with Gasteiger partial charge in [0.15, 0.2) is 0 Å². The lowest BCUT2D eigenvalue weighted by Gasteiger charge is -2.31. The fourth-order valence-electron chi connectivity index (χ4n) is 3.25. The molecule has 1 amide bonds. The molecule has 2 aliphatic carbocycles. The molecule has 0 heterocycles. The molecule has 0 radical (unpaired) electrons. The van der Waals surface area contributed by atoms with Crippen molar-refractivity contribution < 1.29 is 14.7 Å². The average Bonchev–Trinajstić information content (AvgIpc) is 2.38. The maximum Gasteiger partial charge on any atom is 0.307 e. The van der Waals surface area contributed by atoms with Crippen molar-refractivity contribution in [3.8, 4) is 0 Å². The number of carbonyl (C=O) groups excluding carboxylic acids is 1. The SMILES string of the molecule is CC1CCCC(NC(=O)[C@@H]2CC=CC[C@@H]2C(=O)O)C1. The molecule has 0 aromatic heterocycles. The number of amides is 1. The van der Waals surface area contributed by atoms with Gasteiger partial charge in [-0.05, 0) is 31.6 Å². The van der Waals surface area contributed by atoms with Crippen molar-refractivity contribution in [1.82, 2.24) is 5.32 Å². The molecule has 0 spiro atoms. The van der Waals surface area contributed by atoms with Crippen molar-refractivity contribution >= 4 is 11.9 Å². The van der Waals surface area contributed by atoms with Gasteiger partial charge in [-0.1, -0.05) is 31.9 Å². The Bertz CT molecular complexity index is 378. The van der Waals surface area contributed by atoms with E-state index in [9.17, 15) is 14.7 Å². The summed E-state index contributed by atoms with van der Waals surface area (Å²) < 4.78 is 0. The molecule has 0 bridgehead atoms. The Morgan fingerprint density at radius 1 is 1.16 bits per heavy atom. The van der Waals surface area contributed by atoms with Crippen LogP contribution in [-0.4, -0.2) is 23.0 Å². The zero-order chi connectivity index (χ0) is 13.8. The highest BCUT2D eigenvalue weighted by atomic mass is 16.4. The first-order chi connectivity index (χ1) is 9.08. The molecule has 4 atom stereocenters. The third kappa shape index (κ3) is 3.58. The molecule has 0 aromatic rings. The number of carboxylic acid groups (broad SMARTS) is 1. The monoisotopic (exact) mass is 265 g/mol. The van der Waals surface area contributed by atoms with Crippen LogP contribution in [-0.2, 0) is 9.59 Å². The summed E-state index contributed by atoms with van der Waals surface area (Å²) in [6, 6.07) is 0.233. The van der Waals surface area contributed by atoms with Gasteiger partial charge in [0.25, 0.3) is 0 Å². The topological polar surface area (TPSA) is 66.4 Å². The molecule has 2 unspecified atom stereocenters. The molecular weight excluding hydrogens is 242 g/mol. The molecule has 4 heteroatoms. The Labute approximate surface area is 114 Å². The summed E-state index contributed by atoms with van der Waals surface area (Å²) in [6.45, 7) is 2.21. The lowest BCUT2D eigenvalue weighted by molar-refractivity contribution is -0.147. The van der Waals surface area contributed by atoms with Crippen LogP contribution in [0.4, 0.5) is 0 Å². The van der Waals surface area contributed by atoms with E-state index in [-0.39, 0.29) is 11.9 Å². The number of carboxylic acids is 1. The van der Waals surface area contributed by atoms with Gasteiger partial charge in [-0.25, -0.2) is 0 Å². The Morgan fingerprint density at radius 3 is 2.47 bits per heavy atom. The van der Waals surface area contributed by atoms with Crippen LogP contribution < -0.4 is 5.32 Å². The summed E-state index contributed by atoms with van der Waals surface area (Å²) in [4.78, 5) is 23.5. The summed E-state index contributed by atoms with van der Waals surface area (Å²) in [6.07, 6.45) is 9.23. The van der Waals surface area contributed by atoms with Crippen LogP contribution in [0.25, 0.3) is 0 Å². The van der Waals surface area contributed by atoms with E-state index in [0.717, 1.165) is 19.3 Å². The maximum atomic E-state index is 12.3. The van der Waals surface area contributed by atoms with Gasteiger partial charge in [0.05, 0.1) is 11.8 Å². The molecule has 106 valence electrons. The van der Waals surface area contributed by atoms with Gasteiger partial charge in [-0.15, -0.1) is 0 Å². The van der Waals surface area contributed by atoms with E-state index >= 15 is 0 Å². The van der Waals surface area contributed by atoms with Crippen LogP contribution in [0.15, 0.2) is 12.2 Å². The largest absolute Gasteiger partial charge is 0.481 e. The number of aliphatic carboxylic acids is 1. The van der Waals surface area contributed by atoms with Crippen molar-refractivity contribution in [2.75, 3.05) is 0 Å². The highest BCUT2D eigenvalue weighted by Gasteiger charge is 2.35. The van der Waals surface area contributed by atoms with E-state index in [4.69, 9.17) is 0 Å². The van der Waals surface area contributed by atoms with Gasteiger partial charge in [-0.3, -0.25) is 9.59 Å². The molecule has 19 heavy (non-hydrogen) atoms. The Balaban J connectivity index is 1.94. The van der Waals surface area contributed by atoms with Crippen LogP contribution in [0.5, 0.6) is 0 Å². The minimum Gasteiger partial charge on any atom is -0.481 e. The fraction of sp³-hybridized carbons (Fsp3) is 0.733. The van der Waals surface area contributed by atoms with Gasteiger partial charge in [0.1, 0.15) is 0 Å². The van der Waals surface area contributed by atoms with E-state index in [1.165, 1.54) is 6.42 Å². The van der Waals surface area contributed by atoms with E-state index < -0.39 is 17.8 Å². The lowest BCUT2D eigenvalue weighted by atomic mass is 9.81. The van der Waals surface area contributed by atoms with Crippen molar-refractivity contribution in [3.63, 3.8) is 0 Å². The molecule has 0 aromatic carbocycles. The van der Waals surface area contributed by atoms with E-state index in [2.05, 4.69) is 12.2 Å². The smallest absolute Gasteiger partial charge is 0.307 e. The van der Waals surface area contributed by atoms with Crippen molar-refractivity contribution in [3.05, 3.63) is 12.2 Å². The van der Waals surface area contributed by atoms with Gasteiger partial charge in [0.2, 0.25) is 5.91 Å². The molecule has 2 rings (SSSR count). The fourth-order valence-corrected chi connectivity index (χ4v) is 3.25. The molecule has 2 aliphatic rings. The second-order valence-corrected chi connectivity index (χ2v) is 5.97. The van der Waals surface area contributed by atoms with Gasteiger partial charge in [-0.2, -0.15) is 0 Å². The van der Waals surface area contributed by atoms with Crippen LogP contribution >= 0.6 is 0 Å². The highest BCUT2D eigenvalue weighted by Crippen LogP contribution is 2.28. The second kappa shape index (κ2) is 6.22. The molecule has 1 saturated carbocycles. The quantitative estimate of drug-likeness (QED) is 0.770. The molecule has 0 aliphatic heterocycles. The molecule has 2 N–H and O–H groups in total. The number of hydrogen-bond acceptors (Lipinski definition) is 2. The summed E-state index contributed by atoms with van der Waals surface area (Å²) in [7, 11) is 0. The van der Waals surface area contributed by atoms with Crippen molar-refractivity contribution in [2.24, 2.45) is 17.8 Å². The van der Waals surface area contributed by atoms with E-state index in [0.29, 0.717) is 18.8 Å². The number of hydrogen-bond donors (Lipinski definition) is 2. The number of nitrogens with one attached hydrogen (secondary N) is 1. The van der Waals surface area contributed by atoms with E-state index in [1.807, 2.05) is 12.2 Å². The predicted octanol–water partition coefficient (Wildman–Crippen LogP) is 2.35. The third-order valence-electron chi connectivity index (χ3n) is 4.37. The van der Waals surface area contributed by atoms with Crippen LogP contribution in [0, 0.1) is 17.8 Å². The summed E-state index contributed by atoms with van der Waals surface area (Å²) in [5.41, 5.74) is 0. The average molecular weight is 265 g/mol. The maximum absolute atomic E-state index is 12.3. The highest BCUT2D eigenvalue weighted by molar-refractivity contribution is 5.85. The van der Waals surface area contributed by atoms with Crippen molar-refractivity contribution in [1.29, 1.82) is 0 Å². The zero-order valence-electron chi connectivity index (χ0n) is 11.5. The van der Waals surface area contributed by atoms with Gasteiger partial charge >= 0.3 is 5.97 Å². The Kier molecular flexibility index (Phi) is 4.61. The number of rotatable bonds is 3. The predicted molar refractivity (Wildman–Crippen MR) is 72.6 cm³/mol. The van der Waals surface area contributed by atoms with Crippen LogP contribution in [0.3, 0.4) is 0 Å².